The van der Waals surface area contributed by atoms with Crippen molar-refractivity contribution in [1.29, 1.82) is 0 Å². The van der Waals surface area contributed by atoms with Gasteiger partial charge in [-0.25, -0.2) is 13.1 Å². The van der Waals surface area contributed by atoms with E-state index >= 15 is 0 Å². The summed E-state index contributed by atoms with van der Waals surface area (Å²) in [5.74, 6) is -0.197. The first kappa shape index (κ1) is 13.4. The van der Waals surface area contributed by atoms with Crippen molar-refractivity contribution in [2.45, 2.75) is 25.8 Å². The molecule has 1 saturated heterocycles. The number of carbonyl (C=O) groups excluding carboxylic acids is 1. The lowest BCUT2D eigenvalue weighted by Crippen LogP contribution is -2.50. The van der Waals surface area contributed by atoms with Crippen molar-refractivity contribution in [3.8, 4) is 0 Å². The smallest absolute Gasteiger partial charge is 0.239 e. The topological polar surface area (TPSA) is 92.5 Å². The third-order valence-corrected chi connectivity index (χ3v) is 4.01. The summed E-state index contributed by atoms with van der Waals surface area (Å²) in [5.41, 5.74) is 5.61. The van der Waals surface area contributed by atoms with Crippen molar-refractivity contribution >= 4 is 15.9 Å². The summed E-state index contributed by atoms with van der Waals surface area (Å²) >= 11 is 0. The maximum absolute atomic E-state index is 11.6. The fourth-order valence-corrected chi connectivity index (χ4v) is 2.76. The van der Waals surface area contributed by atoms with Crippen LogP contribution in [-0.2, 0) is 14.8 Å². The first-order chi connectivity index (χ1) is 7.46. The van der Waals surface area contributed by atoms with Crippen LogP contribution in [0, 0.1) is 0 Å². The molecule has 0 aromatic heterocycles. The number of rotatable bonds is 5. The van der Waals surface area contributed by atoms with Gasteiger partial charge in [-0.2, -0.15) is 0 Å². The van der Waals surface area contributed by atoms with E-state index < -0.39 is 16.1 Å². The van der Waals surface area contributed by atoms with Gasteiger partial charge in [-0.05, 0) is 12.8 Å². The lowest BCUT2D eigenvalue weighted by Gasteiger charge is -2.30. The van der Waals surface area contributed by atoms with Crippen LogP contribution in [0.1, 0.15) is 19.8 Å². The monoisotopic (exact) mass is 249 g/mol. The Morgan fingerprint density at radius 2 is 2.25 bits per heavy atom. The number of nitrogens with two attached hydrogens (primary N) is 1. The van der Waals surface area contributed by atoms with E-state index in [1.807, 2.05) is 0 Å². The number of sulfonamides is 1. The third-order valence-electron chi connectivity index (χ3n) is 2.57. The Labute approximate surface area is 96.2 Å². The van der Waals surface area contributed by atoms with E-state index in [1.54, 1.807) is 6.92 Å². The summed E-state index contributed by atoms with van der Waals surface area (Å²) in [6.45, 7) is 2.92. The number of piperidine rings is 1. The van der Waals surface area contributed by atoms with E-state index in [-0.39, 0.29) is 18.2 Å². The molecule has 0 saturated carbocycles. The van der Waals surface area contributed by atoms with Gasteiger partial charge in [0.15, 0.2) is 0 Å². The van der Waals surface area contributed by atoms with E-state index in [1.165, 1.54) is 4.90 Å². The van der Waals surface area contributed by atoms with Gasteiger partial charge in [0.05, 0.1) is 11.8 Å². The molecule has 6 nitrogen and oxygen atoms in total. The first-order valence-corrected chi connectivity index (χ1v) is 7.13. The normalized spacial score (nSPS) is 22.5. The van der Waals surface area contributed by atoms with Crippen LogP contribution in [0.15, 0.2) is 0 Å². The molecule has 1 aliphatic rings. The van der Waals surface area contributed by atoms with Gasteiger partial charge < -0.3 is 10.6 Å². The average Bonchev–Trinajstić information content (AvgIpc) is 2.20. The molecule has 1 atom stereocenters. The molecule has 1 fully saturated rings. The number of nitrogens with one attached hydrogen (secondary N) is 1. The van der Waals surface area contributed by atoms with Gasteiger partial charge in [0.25, 0.3) is 0 Å². The number of hydrogen-bond donors (Lipinski definition) is 2. The number of nitrogens with zero attached hydrogens (tertiary/aromatic N) is 1. The highest BCUT2D eigenvalue weighted by Gasteiger charge is 2.26. The van der Waals surface area contributed by atoms with Crippen molar-refractivity contribution in [1.82, 2.24) is 9.62 Å². The zero-order chi connectivity index (χ0) is 12.2. The second kappa shape index (κ2) is 5.60. The highest BCUT2D eigenvalue weighted by molar-refractivity contribution is 7.89. The predicted octanol–water partition coefficient (Wildman–Crippen LogP) is -1.12. The maximum Gasteiger partial charge on any atom is 0.239 e. The van der Waals surface area contributed by atoms with Crippen molar-refractivity contribution < 1.29 is 13.2 Å². The summed E-state index contributed by atoms with van der Waals surface area (Å²) in [6, 6.07) is -0.462. The quantitative estimate of drug-likeness (QED) is 0.645. The Bertz CT molecular complexity index is 342. The second-order valence-electron chi connectivity index (χ2n) is 3.89. The average molecular weight is 249 g/mol. The number of hydrogen-bond acceptors (Lipinski definition) is 4. The van der Waals surface area contributed by atoms with Crippen molar-refractivity contribution in [3.05, 3.63) is 0 Å². The van der Waals surface area contributed by atoms with Gasteiger partial charge in [0.1, 0.15) is 0 Å². The van der Waals surface area contributed by atoms with Crippen LogP contribution >= 0.6 is 0 Å². The molecule has 16 heavy (non-hydrogen) atoms. The maximum atomic E-state index is 11.6. The molecule has 0 spiro atoms. The highest BCUT2D eigenvalue weighted by Crippen LogP contribution is 2.09. The summed E-state index contributed by atoms with van der Waals surface area (Å²) in [7, 11) is -3.26. The molecule has 0 aromatic carbocycles. The zero-order valence-electron chi connectivity index (χ0n) is 9.48. The molecule has 1 rings (SSSR count). The molecule has 94 valence electrons. The highest BCUT2D eigenvalue weighted by atomic mass is 32.2. The molecule has 1 aliphatic heterocycles. The standard InChI is InChI=1S/C9H19N3O3S/c1-2-11-16(14,15)7-6-12-5-3-4-8(10)9(12)13/h8,11H,2-7,10H2,1H3. The van der Waals surface area contributed by atoms with Gasteiger partial charge in [0, 0.05) is 19.6 Å². The van der Waals surface area contributed by atoms with Gasteiger partial charge in [-0.1, -0.05) is 6.92 Å². The minimum absolute atomic E-state index is 0.0563. The minimum Gasteiger partial charge on any atom is -0.340 e. The lowest BCUT2D eigenvalue weighted by molar-refractivity contribution is -0.134. The Morgan fingerprint density at radius 3 is 2.88 bits per heavy atom. The first-order valence-electron chi connectivity index (χ1n) is 5.48. The van der Waals surface area contributed by atoms with Crippen molar-refractivity contribution in [2.24, 2.45) is 5.73 Å². The fraction of sp³-hybridized carbons (Fsp3) is 0.889. The van der Waals surface area contributed by atoms with Crippen LogP contribution in [0.5, 0.6) is 0 Å². The minimum atomic E-state index is -3.26. The van der Waals surface area contributed by atoms with E-state index in [9.17, 15) is 13.2 Å². The SMILES string of the molecule is CCNS(=O)(=O)CCN1CCCC(N)C1=O. The van der Waals surface area contributed by atoms with Gasteiger partial charge >= 0.3 is 0 Å². The number of likely N-dealkylation sites (tertiary alicyclic amines) is 1. The molecule has 1 amide bonds. The van der Waals surface area contributed by atoms with Crippen LogP contribution in [0.4, 0.5) is 0 Å². The predicted molar refractivity (Wildman–Crippen MR) is 61.3 cm³/mol. The Hall–Kier alpha value is -0.660. The van der Waals surface area contributed by atoms with E-state index in [0.29, 0.717) is 19.5 Å². The Morgan fingerprint density at radius 1 is 1.56 bits per heavy atom. The molecule has 3 N–H and O–H groups in total. The van der Waals surface area contributed by atoms with Gasteiger partial charge in [0.2, 0.25) is 15.9 Å². The molecular weight excluding hydrogens is 230 g/mol. The van der Waals surface area contributed by atoms with Crippen molar-refractivity contribution in [3.63, 3.8) is 0 Å². The van der Waals surface area contributed by atoms with E-state index in [4.69, 9.17) is 5.73 Å². The summed E-state index contributed by atoms with van der Waals surface area (Å²) in [5, 5.41) is 0. The lowest BCUT2D eigenvalue weighted by atomic mass is 10.1. The Kier molecular flexibility index (Phi) is 4.69. The summed E-state index contributed by atoms with van der Waals surface area (Å²) in [6.07, 6.45) is 1.53. The molecule has 7 heteroatoms. The van der Waals surface area contributed by atoms with Crippen LogP contribution < -0.4 is 10.5 Å². The largest absolute Gasteiger partial charge is 0.340 e. The van der Waals surface area contributed by atoms with E-state index in [2.05, 4.69) is 4.72 Å². The van der Waals surface area contributed by atoms with Gasteiger partial charge in [-0.15, -0.1) is 0 Å². The summed E-state index contributed by atoms with van der Waals surface area (Å²) < 4.78 is 25.2. The van der Waals surface area contributed by atoms with Crippen LogP contribution in [0.2, 0.25) is 0 Å². The summed E-state index contributed by atoms with van der Waals surface area (Å²) in [4.78, 5) is 13.1. The van der Waals surface area contributed by atoms with Gasteiger partial charge in [-0.3, -0.25) is 4.79 Å². The van der Waals surface area contributed by atoms with Crippen molar-refractivity contribution in [2.75, 3.05) is 25.4 Å². The zero-order valence-corrected chi connectivity index (χ0v) is 10.3. The van der Waals surface area contributed by atoms with Crippen LogP contribution in [0.25, 0.3) is 0 Å². The van der Waals surface area contributed by atoms with Crippen LogP contribution in [-0.4, -0.2) is 50.7 Å². The Balaban J connectivity index is 2.46. The van der Waals surface area contributed by atoms with E-state index in [0.717, 1.165) is 6.42 Å². The molecule has 0 bridgehead atoms. The molecule has 0 aromatic rings. The number of carbonyl (C=O) groups is 1. The number of amides is 1. The molecule has 0 radical (unpaired) electrons. The third kappa shape index (κ3) is 3.73. The molecule has 1 unspecified atom stereocenters. The second-order valence-corrected chi connectivity index (χ2v) is 5.82. The molecule has 0 aliphatic carbocycles. The molecule has 1 heterocycles. The molecular formula is C9H19N3O3S. The fourth-order valence-electron chi connectivity index (χ4n) is 1.71. The van der Waals surface area contributed by atoms with Crippen LogP contribution in [0.3, 0.4) is 0 Å².